The molecule has 0 radical (unpaired) electrons. The molecule has 0 atom stereocenters. The van der Waals surface area contributed by atoms with Gasteiger partial charge in [-0.05, 0) is 206 Å². The van der Waals surface area contributed by atoms with E-state index in [2.05, 4.69) is 0 Å². The van der Waals surface area contributed by atoms with Gasteiger partial charge in [-0.15, -0.1) is 22.7 Å². The van der Waals surface area contributed by atoms with Gasteiger partial charge in [0, 0.05) is 94.0 Å². The van der Waals surface area contributed by atoms with Crippen LogP contribution in [0.15, 0.2) is 261 Å². The van der Waals surface area contributed by atoms with Gasteiger partial charge in [0.2, 0.25) is 0 Å². The fraction of sp³-hybridized carbons (Fsp3) is 0.0741. The highest BCUT2D eigenvalue weighted by Crippen LogP contribution is 2.58. The number of hydrogen-bond acceptors (Lipinski definition) is 11. The van der Waals surface area contributed by atoms with Crippen LogP contribution in [0.4, 0.5) is 181 Å². The molecule has 2 aromatic heterocycles. The molecule has 0 aliphatic carbocycles. The highest BCUT2D eigenvalue weighted by molar-refractivity contribution is 7.34. The second-order valence-corrected chi connectivity index (χ2v) is 39.0. The summed E-state index contributed by atoms with van der Waals surface area (Å²) in [5, 5.41) is 0.874. The smallest absolute Gasteiger partial charge is 0.268 e. The molecule has 0 amide bonds. The van der Waals surface area contributed by atoms with Crippen LogP contribution in [0.5, 0.6) is 34.5 Å². The summed E-state index contributed by atoms with van der Waals surface area (Å²) >= 11 is 2.41. The summed E-state index contributed by atoms with van der Waals surface area (Å²) < 4.78 is 339. The first kappa shape index (κ1) is 87.4. The molecule has 24 rings (SSSR count). The zero-order valence-corrected chi connectivity index (χ0v) is 75.2. The van der Waals surface area contributed by atoms with Crippen LogP contribution >= 0.6 is 22.7 Å². The van der Waals surface area contributed by atoms with E-state index in [-0.39, 0.29) is 112 Å². The molecule has 0 unspecified atom stereocenters. The SMILES string of the molecule is CC(C)(C)c1ccc2sc3c(c2c1)Oc1cc(N(c2c(F)cccc2F)c2c(F)cccc2F)cc2c1B3c1cc3c(cc1N2c1c(F)cccc1F)Oc1cc(N(c2c(F)cccc2F)c2c(F)cccc2F)cc2c1B3c1cc3c(cc1O2)N(c1c(F)cccc1F)c1cc(N(c2c(F)cccc2F)c2c(F)cccc2F)cc2c1B3c1sc3ccc(C(C)(C)C)cc3c1N2c1c(F)cccc1F. The molecule has 6 aliphatic rings. The van der Waals surface area contributed by atoms with Crippen LogP contribution in [0.2, 0.25) is 0 Å². The molecule has 0 saturated heterocycles. The largest absolute Gasteiger partial charge is 0.458 e. The summed E-state index contributed by atoms with van der Waals surface area (Å²) in [5.74, 6) is -24.9. The van der Waals surface area contributed by atoms with E-state index >= 15 is 79.0 Å². The Balaban J connectivity index is 0.838. The minimum Gasteiger partial charge on any atom is -0.458 e. The van der Waals surface area contributed by atoms with E-state index in [0.717, 1.165) is 197 Å². The van der Waals surface area contributed by atoms with Gasteiger partial charge in [-0.1, -0.05) is 120 Å². The normalized spacial score (nSPS) is 13.4. The van der Waals surface area contributed by atoms with E-state index in [0.29, 0.717) is 45.2 Å². The molecule has 0 spiro atoms. The molecule has 0 fully saturated rings. The van der Waals surface area contributed by atoms with Crippen molar-refractivity contribution in [2.24, 2.45) is 0 Å². The number of anilines is 18. The number of halogens is 18. The molecule has 32 heteroatoms. The van der Waals surface area contributed by atoms with Crippen molar-refractivity contribution in [3.8, 4) is 34.5 Å². The van der Waals surface area contributed by atoms with Crippen LogP contribution in [0.1, 0.15) is 52.7 Å². The van der Waals surface area contributed by atoms with Gasteiger partial charge in [0.25, 0.3) is 20.1 Å². The first-order valence-electron chi connectivity index (χ1n) is 44.0. The predicted octanol–water partition coefficient (Wildman–Crippen LogP) is 26.8. The molecule has 140 heavy (non-hydrogen) atoms. The van der Waals surface area contributed by atoms with Crippen molar-refractivity contribution in [1.82, 2.24) is 0 Å². The highest BCUT2D eigenvalue weighted by Gasteiger charge is 2.54. The highest BCUT2D eigenvalue weighted by atomic mass is 32.1. The minimum absolute atomic E-state index is 0.0433. The minimum atomic E-state index is -1.44. The van der Waals surface area contributed by atoms with Gasteiger partial charge < -0.3 is 28.9 Å². The summed E-state index contributed by atoms with van der Waals surface area (Å²) in [6.45, 7) is 7.68. The van der Waals surface area contributed by atoms with E-state index < -0.39 is 204 Å². The summed E-state index contributed by atoms with van der Waals surface area (Å²) in [6.07, 6.45) is 0. The molecule has 9 nitrogen and oxygen atoms in total. The van der Waals surface area contributed by atoms with Crippen molar-refractivity contribution in [3.63, 3.8) is 0 Å². The number of nitrogens with zero attached hydrogens (tertiary/aromatic N) is 6. The summed E-state index contributed by atoms with van der Waals surface area (Å²) in [5.41, 5.74) is -10.6. The van der Waals surface area contributed by atoms with Gasteiger partial charge in [-0.25, -0.2) is 79.0 Å². The van der Waals surface area contributed by atoms with Crippen molar-refractivity contribution < 1.29 is 93.2 Å². The second-order valence-electron chi connectivity index (χ2n) is 36.8. The Hall–Kier alpha value is -15.4. The molecular weight excluding hydrogens is 1870 g/mol. The fourth-order valence-corrected chi connectivity index (χ4v) is 23.1. The molecule has 688 valence electrons. The van der Waals surface area contributed by atoms with Crippen LogP contribution in [0.25, 0.3) is 20.2 Å². The zero-order valence-electron chi connectivity index (χ0n) is 73.6. The fourth-order valence-electron chi connectivity index (χ4n) is 20.6. The number of hydrogen-bond donors (Lipinski definition) is 0. The Morgan fingerprint density at radius 1 is 0.243 bits per heavy atom. The van der Waals surface area contributed by atoms with Gasteiger partial charge in [0.05, 0.1) is 22.7 Å². The number of benzene rings is 16. The first-order valence-corrected chi connectivity index (χ1v) is 45.6. The summed E-state index contributed by atoms with van der Waals surface area (Å²) in [7, 11) is 0. The molecule has 18 aromatic rings. The lowest BCUT2D eigenvalue weighted by atomic mass is 9.31. The molecular formula is C108H61B3F18N6O3S2. The molecule has 16 aromatic carbocycles. The third kappa shape index (κ3) is 13.1. The molecule has 0 saturated carbocycles. The topological polar surface area (TPSA) is 47.1 Å². The van der Waals surface area contributed by atoms with Gasteiger partial charge in [0.15, 0.2) is 0 Å². The van der Waals surface area contributed by atoms with Crippen LogP contribution in [0, 0.1) is 105 Å². The van der Waals surface area contributed by atoms with E-state index in [1.807, 2.05) is 71.9 Å². The second kappa shape index (κ2) is 31.6. The Bertz CT molecular complexity index is 8170. The monoisotopic (exact) mass is 1930 g/mol. The van der Waals surface area contributed by atoms with Crippen molar-refractivity contribution >= 4 is 213 Å². The summed E-state index contributed by atoms with van der Waals surface area (Å²) in [4.78, 5) is 5.20. The number of fused-ring (bicyclic) bond motifs is 16. The molecule has 6 aliphatic heterocycles. The van der Waals surface area contributed by atoms with Gasteiger partial charge in [-0.2, -0.15) is 0 Å². The van der Waals surface area contributed by atoms with E-state index in [1.54, 1.807) is 18.2 Å². The van der Waals surface area contributed by atoms with E-state index in [4.69, 9.17) is 14.2 Å². The molecule has 8 heterocycles. The maximum atomic E-state index is 18.4. The quantitative estimate of drug-likeness (QED) is 0.0879. The third-order valence-corrected chi connectivity index (χ3v) is 29.1. The van der Waals surface area contributed by atoms with Crippen LogP contribution < -0.4 is 91.4 Å². The van der Waals surface area contributed by atoms with Gasteiger partial charge >= 0.3 is 0 Å². The van der Waals surface area contributed by atoms with Crippen LogP contribution in [0.3, 0.4) is 0 Å². The Labute approximate surface area is 794 Å². The van der Waals surface area contributed by atoms with Gasteiger partial charge in [-0.3, -0.25) is 14.7 Å². The molecule has 0 bridgehead atoms. The lowest BCUT2D eigenvalue weighted by molar-refractivity contribution is 0.464. The number of para-hydroxylation sites is 9. The van der Waals surface area contributed by atoms with Crippen LogP contribution in [-0.2, 0) is 10.8 Å². The van der Waals surface area contributed by atoms with Crippen molar-refractivity contribution in [1.29, 1.82) is 0 Å². The van der Waals surface area contributed by atoms with Crippen molar-refractivity contribution in [3.05, 3.63) is 377 Å². The van der Waals surface area contributed by atoms with Crippen molar-refractivity contribution in [2.45, 2.75) is 52.4 Å². The predicted molar refractivity (Wildman–Crippen MR) is 515 cm³/mol. The number of thiophene rings is 2. The maximum Gasteiger partial charge on any atom is 0.268 e. The zero-order chi connectivity index (χ0) is 97.0. The standard InChI is InChI=1S/C108H61B3F18N6O3S2/c1-107(2,3)50-34-36-89-55(38-50)94-105(139-89)110-57-46-59-84(48-79(57)133(101-73(124)28-13-29-74(101)125)81-40-52(41-82(91(81)110)135(94)103-77(128)32-15-33-78(103)129)130(95-61(112)16-7-17-62(95)113)96-63(114)18-8-19-64(96)115)136-87-44-54(132(99-69(120)24-11-25-70(99)121)100-71(122)26-12-27-72(100)123)45-88-93(87)109(59)60-47-58-80(49-85(60)137-88)134(102-75(126)30-14-31-76(102)127)83-42-53(131(97-65(116)20-9-21-66(97)117)98-67(118)22-10-23-68(98)119)43-86-92(83)111(58)106-104(138-86)56-39-51(108(4,5)6)35-37-90(56)140-106/h7-49H,1-6H3. The van der Waals surface area contributed by atoms with E-state index in [9.17, 15) is 0 Å². The number of ether oxygens (including phenoxy) is 3. The van der Waals surface area contributed by atoms with E-state index in [1.165, 1.54) is 58.7 Å². The summed E-state index contributed by atoms with van der Waals surface area (Å²) in [6, 6.07) is 49.5. The van der Waals surface area contributed by atoms with Gasteiger partial charge in [0.1, 0.15) is 190 Å². The van der Waals surface area contributed by atoms with Crippen LogP contribution in [-0.4, -0.2) is 20.1 Å². The third-order valence-electron chi connectivity index (χ3n) is 26.7. The lowest BCUT2D eigenvalue weighted by Crippen LogP contribution is -2.64. The maximum absolute atomic E-state index is 18.4. The Morgan fingerprint density at radius 2 is 0.529 bits per heavy atom. The Kier molecular flexibility index (Phi) is 19.7. The average molecular weight is 1930 g/mol. The lowest BCUT2D eigenvalue weighted by Gasteiger charge is -2.45. The first-order chi connectivity index (χ1) is 67.2. The Morgan fingerprint density at radius 3 is 0.886 bits per heavy atom. The van der Waals surface area contributed by atoms with Crippen molar-refractivity contribution in [2.75, 3.05) is 29.4 Å². The molecule has 0 N–H and O–H groups in total. The average Bonchev–Trinajstić information content (AvgIpc) is 1.28. The number of rotatable bonds is 12.